The molecule has 2 amide bonds. The van der Waals surface area contributed by atoms with E-state index in [1.807, 2.05) is 0 Å². The maximum absolute atomic E-state index is 12.4. The van der Waals surface area contributed by atoms with Crippen molar-refractivity contribution in [2.24, 2.45) is 11.5 Å². The third kappa shape index (κ3) is 32.7. The zero-order valence-corrected chi connectivity index (χ0v) is 30.9. The number of rotatable bonds is 37. The van der Waals surface area contributed by atoms with E-state index in [4.69, 9.17) is 11.5 Å². The summed E-state index contributed by atoms with van der Waals surface area (Å²) in [6, 6.07) is 0. The quantitative estimate of drug-likeness (QED) is 0.0530. The van der Waals surface area contributed by atoms with Crippen molar-refractivity contribution >= 4 is 11.8 Å². The monoisotopic (exact) mass is 653 g/mol. The van der Waals surface area contributed by atoms with Gasteiger partial charge in [0.15, 0.2) is 0 Å². The molecule has 0 unspecified atom stereocenters. The topological polar surface area (TPSA) is 117 Å². The number of nitrogens with one attached hydrogen (secondary N) is 2. The van der Waals surface area contributed by atoms with Crippen LogP contribution in [0.2, 0.25) is 0 Å². The summed E-state index contributed by atoms with van der Waals surface area (Å²) in [6.45, 7) is 11.8. The highest BCUT2D eigenvalue weighted by Crippen LogP contribution is 2.12. The average Bonchev–Trinajstić information content (AvgIpc) is 3.05. The first-order valence-corrected chi connectivity index (χ1v) is 20.0. The fourth-order valence-electron chi connectivity index (χ4n) is 6.05. The van der Waals surface area contributed by atoms with Gasteiger partial charge in [0.05, 0.1) is 0 Å². The number of amides is 2. The number of carbonyl (C=O) groups is 2. The van der Waals surface area contributed by atoms with Gasteiger partial charge in [-0.1, -0.05) is 142 Å². The smallest absolute Gasteiger partial charge is 0.221 e. The van der Waals surface area contributed by atoms with Crippen LogP contribution < -0.4 is 22.1 Å². The fourth-order valence-corrected chi connectivity index (χ4v) is 6.05. The molecule has 0 aliphatic rings. The Balaban J connectivity index is 3.94. The molecule has 8 heteroatoms. The van der Waals surface area contributed by atoms with E-state index < -0.39 is 0 Å². The second kappa shape index (κ2) is 36.6. The number of carbonyl (C=O) groups excluding carboxylic acids is 2. The van der Waals surface area contributed by atoms with Gasteiger partial charge >= 0.3 is 0 Å². The molecule has 0 aromatic carbocycles. The van der Waals surface area contributed by atoms with E-state index in [0.717, 1.165) is 52.1 Å². The predicted molar refractivity (Wildman–Crippen MR) is 199 cm³/mol. The van der Waals surface area contributed by atoms with E-state index in [1.165, 1.54) is 128 Å². The van der Waals surface area contributed by atoms with Crippen LogP contribution in [0.1, 0.15) is 168 Å². The van der Waals surface area contributed by atoms with Gasteiger partial charge in [0, 0.05) is 78.3 Å². The minimum atomic E-state index is 0.127. The Morgan fingerprint density at radius 2 is 0.696 bits per heavy atom. The second-order valence-corrected chi connectivity index (χ2v) is 13.5. The summed E-state index contributed by atoms with van der Waals surface area (Å²) in [6.07, 6.45) is 29.9. The van der Waals surface area contributed by atoms with Crippen molar-refractivity contribution in [2.45, 2.75) is 168 Å². The molecule has 8 nitrogen and oxygen atoms in total. The van der Waals surface area contributed by atoms with Crippen molar-refractivity contribution in [1.29, 1.82) is 0 Å². The van der Waals surface area contributed by atoms with Crippen LogP contribution in [0.3, 0.4) is 0 Å². The zero-order valence-electron chi connectivity index (χ0n) is 30.9. The van der Waals surface area contributed by atoms with E-state index in [9.17, 15) is 9.59 Å². The van der Waals surface area contributed by atoms with E-state index >= 15 is 0 Å². The third-order valence-corrected chi connectivity index (χ3v) is 9.14. The van der Waals surface area contributed by atoms with E-state index in [0.29, 0.717) is 39.0 Å². The molecule has 0 aliphatic carbocycles. The van der Waals surface area contributed by atoms with Crippen LogP contribution in [-0.2, 0) is 9.59 Å². The van der Waals surface area contributed by atoms with E-state index in [-0.39, 0.29) is 11.8 Å². The van der Waals surface area contributed by atoms with Crippen LogP contribution >= 0.6 is 0 Å². The first-order valence-electron chi connectivity index (χ1n) is 20.0. The second-order valence-electron chi connectivity index (χ2n) is 13.5. The highest BCUT2D eigenvalue weighted by molar-refractivity contribution is 5.76. The largest absolute Gasteiger partial charge is 0.356 e. The van der Waals surface area contributed by atoms with E-state index in [1.54, 1.807) is 0 Å². The number of nitrogens with two attached hydrogens (primary N) is 2. The van der Waals surface area contributed by atoms with Crippen LogP contribution in [0, 0.1) is 0 Å². The molecule has 0 heterocycles. The van der Waals surface area contributed by atoms with Gasteiger partial charge in [-0.05, 0) is 12.8 Å². The van der Waals surface area contributed by atoms with Gasteiger partial charge in [0.2, 0.25) is 11.8 Å². The predicted octanol–water partition coefficient (Wildman–Crippen LogP) is 7.14. The van der Waals surface area contributed by atoms with Crippen molar-refractivity contribution in [1.82, 2.24) is 20.4 Å². The van der Waals surface area contributed by atoms with Gasteiger partial charge in [-0.25, -0.2) is 0 Å². The van der Waals surface area contributed by atoms with Crippen LogP contribution in [0.15, 0.2) is 0 Å². The lowest BCUT2D eigenvalue weighted by atomic mass is 10.1. The van der Waals surface area contributed by atoms with Crippen molar-refractivity contribution in [2.75, 3.05) is 65.4 Å². The van der Waals surface area contributed by atoms with Crippen LogP contribution in [0.5, 0.6) is 0 Å². The summed E-state index contributed by atoms with van der Waals surface area (Å²) in [4.78, 5) is 29.4. The molecule has 0 rings (SSSR count). The third-order valence-electron chi connectivity index (χ3n) is 9.14. The molecule has 274 valence electrons. The fraction of sp³-hybridized carbons (Fsp3) is 0.947. The summed E-state index contributed by atoms with van der Waals surface area (Å²) >= 11 is 0. The molecule has 0 aromatic rings. The number of hydrogen-bond donors (Lipinski definition) is 4. The van der Waals surface area contributed by atoms with Crippen molar-refractivity contribution < 1.29 is 9.59 Å². The number of nitrogens with zero attached hydrogens (tertiary/aromatic N) is 2. The van der Waals surface area contributed by atoms with Crippen LogP contribution in [-0.4, -0.2) is 87.1 Å². The minimum Gasteiger partial charge on any atom is -0.356 e. The van der Waals surface area contributed by atoms with Crippen molar-refractivity contribution in [3.8, 4) is 0 Å². The maximum Gasteiger partial charge on any atom is 0.221 e. The Hall–Kier alpha value is -1.22. The molecule has 46 heavy (non-hydrogen) atoms. The van der Waals surface area contributed by atoms with Gasteiger partial charge < -0.3 is 31.9 Å². The molecule has 0 aliphatic heterocycles. The molecular formula is C38H80N6O2. The Morgan fingerprint density at radius 3 is 0.978 bits per heavy atom. The highest BCUT2D eigenvalue weighted by Gasteiger charge is 2.12. The summed E-state index contributed by atoms with van der Waals surface area (Å²) in [5, 5.41) is 6.21. The van der Waals surface area contributed by atoms with Crippen molar-refractivity contribution in [3.05, 3.63) is 0 Å². The van der Waals surface area contributed by atoms with Gasteiger partial charge in [0.1, 0.15) is 0 Å². The van der Waals surface area contributed by atoms with E-state index in [2.05, 4.69) is 34.3 Å². The Kier molecular flexibility index (Phi) is 35.6. The molecule has 0 atom stereocenters. The SMILES string of the molecule is CCCCCCCCCCCCCNC(=O)CCN(CCN)CCN(CCN)CCC(=O)NCCCCCCCCCCCCC. The highest BCUT2D eigenvalue weighted by atomic mass is 16.2. The first kappa shape index (κ1) is 44.8. The molecule has 0 spiro atoms. The lowest BCUT2D eigenvalue weighted by molar-refractivity contribution is -0.122. The average molecular weight is 653 g/mol. The van der Waals surface area contributed by atoms with Crippen molar-refractivity contribution in [3.63, 3.8) is 0 Å². The minimum absolute atomic E-state index is 0.127. The van der Waals surface area contributed by atoms with Crippen LogP contribution in [0.25, 0.3) is 0 Å². The first-order chi connectivity index (χ1) is 22.6. The summed E-state index contributed by atoms with van der Waals surface area (Å²) in [7, 11) is 0. The van der Waals surface area contributed by atoms with Crippen LogP contribution in [0.4, 0.5) is 0 Å². The molecule has 0 saturated heterocycles. The molecule has 0 bridgehead atoms. The molecule has 0 radical (unpaired) electrons. The summed E-state index contributed by atoms with van der Waals surface area (Å²) < 4.78 is 0. The van der Waals surface area contributed by atoms with Gasteiger partial charge in [-0.2, -0.15) is 0 Å². The van der Waals surface area contributed by atoms with Gasteiger partial charge in [0.25, 0.3) is 0 Å². The maximum atomic E-state index is 12.4. The Morgan fingerprint density at radius 1 is 0.413 bits per heavy atom. The standard InChI is InChI=1S/C38H80N6O2/c1-3-5-7-9-11-13-15-17-19-21-23-29-41-37(45)25-31-43(33-27-39)35-36-44(34-28-40)32-26-38(46)42-30-24-22-20-18-16-14-12-10-8-6-4-2/h3-36,39-40H2,1-2H3,(H,41,45)(H,42,46). The summed E-state index contributed by atoms with van der Waals surface area (Å²) in [5.41, 5.74) is 11.7. The molecular weight excluding hydrogens is 572 g/mol. The summed E-state index contributed by atoms with van der Waals surface area (Å²) in [5.74, 6) is 0.254. The molecule has 0 aromatic heterocycles. The zero-order chi connectivity index (χ0) is 33.8. The lowest BCUT2D eigenvalue weighted by Gasteiger charge is -2.27. The number of unbranched alkanes of at least 4 members (excludes halogenated alkanes) is 20. The molecule has 0 saturated carbocycles. The Bertz CT molecular complexity index is 597. The normalized spacial score (nSPS) is 11.5. The van der Waals surface area contributed by atoms with Gasteiger partial charge in [-0.15, -0.1) is 0 Å². The Labute approximate surface area is 286 Å². The lowest BCUT2D eigenvalue weighted by Crippen LogP contribution is -2.42. The molecule has 6 N–H and O–H groups in total. The molecule has 0 fully saturated rings. The van der Waals surface area contributed by atoms with Gasteiger partial charge in [-0.3, -0.25) is 9.59 Å². The number of hydrogen-bond acceptors (Lipinski definition) is 6.